The first-order valence-corrected chi connectivity index (χ1v) is 7.15. The smallest absolute Gasteiger partial charge is 0.407 e. The Labute approximate surface area is 116 Å². The topological polar surface area (TPSA) is 61.8 Å². The number of piperidine rings is 1. The van der Waals surface area contributed by atoms with Crippen LogP contribution < -0.4 is 5.32 Å². The van der Waals surface area contributed by atoms with Crippen molar-refractivity contribution >= 4 is 6.09 Å². The minimum absolute atomic E-state index is 0.184. The van der Waals surface area contributed by atoms with Crippen molar-refractivity contribution in [3.63, 3.8) is 0 Å². The maximum atomic E-state index is 11.2. The zero-order valence-corrected chi connectivity index (χ0v) is 12.6. The van der Waals surface area contributed by atoms with E-state index in [0.717, 1.165) is 13.1 Å². The summed E-state index contributed by atoms with van der Waals surface area (Å²) >= 11 is 0. The number of hydrogen-bond donors (Lipinski definition) is 2. The third kappa shape index (κ3) is 5.37. The lowest BCUT2D eigenvalue weighted by Crippen LogP contribution is -2.47. The molecule has 0 aromatic rings. The number of carbonyl (C=O) groups is 1. The summed E-state index contributed by atoms with van der Waals surface area (Å²) in [6, 6.07) is 0. The molecule has 112 valence electrons. The van der Waals surface area contributed by atoms with E-state index in [9.17, 15) is 9.90 Å². The van der Waals surface area contributed by atoms with Crippen molar-refractivity contribution in [1.29, 1.82) is 0 Å². The number of carboxylic acid groups (broad SMARTS) is 1. The van der Waals surface area contributed by atoms with Crippen LogP contribution in [0.1, 0.15) is 40.5 Å². The van der Waals surface area contributed by atoms with Gasteiger partial charge in [0.15, 0.2) is 0 Å². The SMILES string of the molecule is CC(OCCN(C(=O)O)C(C)(C)C)C1CCCNC1. The summed E-state index contributed by atoms with van der Waals surface area (Å²) in [5.41, 5.74) is -0.384. The van der Waals surface area contributed by atoms with E-state index in [1.807, 2.05) is 20.8 Å². The summed E-state index contributed by atoms with van der Waals surface area (Å²) in [5.74, 6) is 0.543. The minimum atomic E-state index is -0.886. The van der Waals surface area contributed by atoms with E-state index in [1.165, 1.54) is 17.7 Å². The van der Waals surface area contributed by atoms with Crippen LogP contribution in [0.5, 0.6) is 0 Å². The van der Waals surface area contributed by atoms with Crippen LogP contribution >= 0.6 is 0 Å². The largest absolute Gasteiger partial charge is 0.465 e. The Morgan fingerprint density at radius 1 is 1.53 bits per heavy atom. The van der Waals surface area contributed by atoms with Crippen molar-refractivity contribution in [2.45, 2.75) is 52.2 Å². The zero-order valence-electron chi connectivity index (χ0n) is 12.6. The van der Waals surface area contributed by atoms with E-state index in [2.05, 4.69) is 12.2 Å². The standard InChI is InChI=1S/C14H28N2O3/c1-11(12-6-5-7-15-10-12)19-9-8-16(13(17)18)14(2,3)4/h11-12,15H,5-10H2,1-4H3,(H,17,18). The van der Waals surface area contributed by atoms with E-state index >= 15 is 0 Å². The van der Waals surface area contributed by atoms with E-state index in [4.69, 9.17) is 4.74 Å². The van der Waals surface area contributed by atoms with Gasteiger partial charge in [0.2, 0.25) is 0 Å². The molecule has 0 aromatic carbocycles. The second-order valence-corrected chi connectivity index (χ2v) is 6.29. The second kappa shape index (κ2) is 7.10. The Bertz CT molecular complexity index is 283. The monoisotopic (exact) mass is 272 g/mol. The Hall–Kier alpha value is -0.810. The minimum Gasteiger partial charge on any atom is -0.465 e. The molecule has 2 unspecified atom stereocenters. The molecule has 1 aliphatic rings. The molecule has 1 saturated heterocycles. The predicted octanol–water partition coefficient (Wildman–Crippen LogP) is 2.17. The van der Waals surface area contributed by atoms with Gasteiger partial charge in [0, 0.05) is 18.6 Å². The van der Waals surface area contributed by atoms with Crippen LogP contribution in [0.3, 0.4) is 0 Å². The predicted molar refractivity (Wildman–Crippen MR) is 75.5 cm³/mol. The highest BCUT2D eigenvalue weighted by Crippen LogP contribution is 2.17. The van der Waals surface area contributed by atoms with Gasteiger partial charge in [-0.25, -0.2) is 4.79 Å². The molecule has 1 aliphatic heterocycles. The Morgan fingerprint density at radius 2 is 2.21 bits per heavy atom. The van der Waals surface area contributed by atoms with E-state index in [-0.39, 0.29) is 11.6 Å². The lowest BCUT2D eigenvalue weighted by Gasteiger charge is -2.34. The Balaban J connectivity index is 2.33. The summed E-state index contributed by atoms with van der Waals surface area (Å²) in [6.45, 7) is 10.8. The van der Waals surface area contributed by atoms with Crippen LogP contribution in [0.15, 0.2) is 0 Å². The quantitative estimate of drug-likeness (QED) is 0.805. The molecule has 19 heavy (non-hydrogen) atoms. The lowest BCUT2D eigenvalue weighted by atomic mass is 9.95. The molecule has 0 spiro atoms. The Morgan fingerprint density at radius 3 is 2.68 bits per heavy atom. The lowest BCUT2D eigenvalue weighted by molar-refractivity contribution is -0.00235. The molecule has 2 N–H and O–H groups in total. The first kappa shape index (κ1) is 16.2. The third-order valence-corrected chi connectivity index (χ3v) is 3.74. The number of rotatable bonds is 5. The summed E-state index contributed by atoms with van der Waals surface area (Å²) in [5, 5.41) is 12.6. The molecule has 5 nitrogen and oxygen atoms in total. The first-order valence-electron chi connectivity index (χ1n) is 7.15. The van der Waals surface area contributed by atoms with Gasteiger partial charge in [-0.3, -0.25) is 0 Å². The fourth-order valence-corrected chi connectivity index (χ4v) is 2.46. The number of nitrogens with one attached hydrogen (secondary N) is 1. The van der Waals surface area contributed by atoms with Gasteiger partial charge in [-0.1, -0.05) is 0 Å². The fourth-order valence-electron chi connectivity index (χ4n) is 2.46. The number of hydrogen-bond acceptors (Lipinski definition) is 3. The summed E-state index contributed by atoms with van der Waals surface area (Å²) in [7, 11) is 0. The maximum absolute atomic E-state index is 11.2. The molecule has 0 aliphatic carbocycles. The van der Waals surface area contributed by atoms with Crippen molar-refractivity contribution < 1.29 is 14.6 Å². The molecule has 1 fully saturated rings. The average molecular weight is 272 g/mol. The van der Waals surface area contributed by atoms with E-state index in [0.29, 0.717) is 19.1 Å². The van der Waals surface area contributed by atoms with Gasteiger partial charge in [0.25, 0.3) is 0 Å². The van der Waals surface area contributed by atoms with Crippen molar-refractivity contribution in [2.24, 2.45) is 5.92 Å². The average Bonchev–Trinajstić information content (AvgIpc) is 2.33. The second-order valence-electron chi connectivity index (χ2n) is 6.29. The van der Waals surface area contributed by atoms with Crippen LogP contribution in [0, 0.1) is 5.92 Å². The number of amides is 1. The zero-order chi connectivity index (χ0) is 14.5. The van der Waals surface area contributed by atoms with Crippen molar-refractivity contribution in [1.82, 2.24) is 10.2 Å². The van der Waals surface area contributed by atoms with Crippen LogP contribution in [0.2, 0.25) is 0 Å². The molecule has 0 radical (unpaired) electrons. The molecular formula is C14H28N2O3. The molecule has 1 amide bonds. The molecule has 1 heterocycles. The number of ether oxygens (including phenoxy) is 1. The van der Waals surface area contributed by atoms with Gasteiger partial charge in [-0.05, 0) is 53.0 Å². The summed E-state index contributed by atoms with van der Waals surface area (Å²) in [6.07, 6.45) is 1.68. The van der Waals surface area contributed by atoms with E-state index < -0.39 is 6.09 Å². The van der Waals surface area contributed by atoms with E-state index in [1.54, 1.807) is 0 Å². The molecule has 0 saturated carbocycles. The highest BCUT2D eigenvalue weighted by atomic mass is 16.5. The first-order chi connectivity index (χ1) is 8.82. The molecule has 0 aromatic heterocycles. The van der Waals surface area contributed by atoms with Gasteiger partial charge in [-0.2, -0.15) is 0 Å². The van der Waals surface area contributed by atoms with Gasteiger partial charge >= 0.3 is 6.09 Å². The van der Waals surface area contributed by atoms with Crippen molar-refractivity contribution in [2.75, 3.05) is 26.2 Å². The fraction of sp³-hybridized carbons (Fsp3) is 0.929. The van der Waals surface area contributed by atoms with Crippen LogP contribution in [0.25, 0.3) is 0 Å². The molecule has 2 atom stereocenters. The summed E-state index contributed by atoms with van der Waals surface area (Å²) in [4.78, 5) is 12.6. The highest BCUT2D eigenvalue weighted by Gasteiger charge is 2.26. The van der Waals surface area contributed by atoms with Gasteiger partial charge in [-0.15, -0.1) is 0 Å². The summed E-state index contributed by atoms with van der Waals surface area (Å²) < 4.78 is 5.81. The van der Waals surface area contributed by atoms with Crippen molar-refractivity contribution in [3.8, 4) is 0 Å². The molecule has 5 heteroatoms. The maximum Gasteiger partial charge on any atom is 0.407 e. The molecular weight excluding hydrogens is 244 g/mol. The van der Waals surface area contributed by atoms with Gasteiger partial charge < -0.3 is 20.1 Å². The highest BCUT2D eigenvalue weighted by molar-refractivity contribution is 5.65. The van der Waals surface area contributed by atoms with Crippen molar-refractivity contribution in [3.05, 3.63) is 0 Å². The van der Waals surface area contributed by atoms with Crippen LogP contribution in [-0.2, 0) is 4.74 Å². The third-order valence-electron chi connectivity index (χ3n) is 3.74. The normalized spacial score (nSPS) is 22.0. The number of nitrogens with zero attached hydrogens (tertiary/aromatic N) is 1. The molecule has 0 bridgehead atoms. The van der Waals surface area contributed by atoms with Crippen LogP contribution in [0.4, 0.5) is 4.79 Å². The van der Waals surface area contributed by atoms with Gasteiger partial charge in [0.1, 0.15) is 0 Å². The van der Waals surface area contributed by atoms with Crippen LogP contribution in [-0.4, -0.2) is 54.0 Å². The molecule has 1 rings (SSSR count). The Kier molecular flexibility index (Phi) is 6.07. The van der Waals surface area contributed by atoms with Gasteiger partial charge in [0.05, 0.1) is 12.7 Å².